The van der Waals surface area contributed by atoms with E-state index in [-0.39, 0.29) is 5.56 Å². The molecule has 1 heterocycles. The molecule has 0 radical (unpaired) electrons. The number of benzene rings is 3. The molecular formula is C23H10F4N4. The van der Waals surface area contributed by atoms with E-state index in [1.54, 1.807) is 18.2 Å². The van der Waals surface area contributed by atoms with Gasteiger partial charge in [-0.2, -0.15) is 19.7 Å². The van der Waals surface area contributed by atoms with Crippen LogP contribution in [0.3, 0.4) is 0 Å². The average molecular weight is 418 g/mol. The van der Waals surface area contributed by atoms with Crippen molar-refractivity contribution < 1.29 is 17.6 Å². The molecular weight excluding hydrogens is 408 g/mol. The van der Waals surface area contributed by atoms with Crippen molar-refractivity contribution in [2.45, 2.75) is 6.18 Å². The normalized spacial score (nSPS) is 13.8. The summed E-state index contributed by atoms with van der Waals surface area (Å²) in [6, 6.07) is 15.1. The van der Waals surface area contributed by atoms with Crippen LogP contribution in [0, 0.1) is 12.4 Å². The predicted octanol–water partition coefficient (Wildman–Crippen LogP) is 6.11. The van der Waals surface area contributed by atoms with Crippen LogP contribution >= 0.6 is 0 Å². The Balaban J connectivity index is 1.69. The second kappa shape index (κ2) is 6.71. The van der Waals surface area contributed by atoms with Crippen LogP contribution in [0.4, 0.5) is 17.6 Å². The van der Waals surface area contributed by atoms with Gasteiger partial charge in [0.2, 0.25) is 0 Å². The second-order valence-corrected chi connectivity index (χ2v) is 6.91. The van der Waals surface area contributed by atoms with Crippen molar-refractivity contribution in [1.29, 1.82) is 0 Å². The van der Waals surface area contributed by atoms with E-state index in [4.69, 9.17) is 6.57 Å². The van der Waals surface area contributed by atoms with Crippen LogP contribution in [0.25, 0.3) is 38.4 Å². The van der Waals surface area contributed by atoms with E-state index in [0.29, 0.717) is 33.7 Å². The van der Waals surface area contributed by atoms with Gasteiger partial charge in [0.15, 0.2) is 5.71 Å². The number of halogens is 4. The molecule has 1 aromatic heterocycles. The van der Waals surface area contributed by atoms with Crippen molar-refractivity contribution in [3.63, 3.8) is 0 Å². The van der Waals surface area contributed by atoms with Gasteiger partial charge in [0.1, 0.15) is 11.5 Å². The molecule has 8 heteroatoms. The third-order valence-corrected chi connectivity index (χ3v) is 5.08. The van der Waals surface area contributed by atoms with Crippen molar-refractivity contribution in [1.82, 2.24) is 9.97 Å². The van der Waals surface area contributed by atoms with E-state index < -0.39 is 17.6 Å². The number of nitrogens with zero attached hydrogens (tertiary/aromatic N) is 4. The molecule has 0 fully saturated rings. The first-order valence-corrected chi connectivity index (χ1v) is 9.10. The highest BCUT2D eigenvalue weighted by Gasteiger charge is 2.34. The standard InChI is InChI=1S/C23H10F4N4/c1-28-31-21-15-5-3-2-4-14(15)20-22(21)29-18-9-7-13(11-19(18)30-20)12-6-8-17(24)16(10-12)23(25,26)27/h2-11H/b31-21+. The molecule has 4 nitrogen and oxygen atoms in total. The van der Waals surface area contributed by atoms with Crippen molar-refractivity contribution in [3.05, 3.63) is 94.8 Å². The minimum atomic E-state index is -4.79. The molecule has 0 saturated heterocycles. The summed E-state index contributed by atoms with van der Waals surface area (Å²) >= 11 is 0. The van der Waals surface area contributed by atoms with Gasteiger partial charge in [-0.05, 0) is 35.4 Å². The smallest absolute Gasteiger partial charge is 0.244 e. The lowest BCUT2D eigenvalue weighted by atomic mass is 10.0. The number of rotatable bonds is 1. The Morgan fingerprint density at radius 1 is 0.806 bits per heavy atom. The van der Waals surface area contributed by atoms with Gasteiger partial charge < -0.3 is 0 Å². The van der Waals surface area contributed by atoms with Crippen LogP contribution in [-0.4, -0.2) is 15.7 Å². The molecule has 5 rings (SSSR count). The van der Waals surface area contributed by atoms with Gasteiger partial charge in [-0.1, -0.05) is 36.4 Å². The van der Waals surface area contributed by atoms with Gasteiger partial charge in [0.25, 0.3) is 0 Å². The lowest BCUT2D eigenvalue weighted by Crippen LogP contribution is -2.08. The molecule has 0 bridgehead atoms. The molecule has 0 amide bonds. The third-order valence-electron chi connectivity index (χ3n) is 5.08. The first-order valence-electron chi connectivity index (χ1n) is 9.10. The second-order valence-electron chi connectivity index (χ2n) is 6.91. The van der Waals surface area contributed by atoms with Gasteiger partial charge in [-0.25, -0.2) is 14.4 Å². The van der Waals surface area contributed by atoms with Gasteiger partial charge in [-0.3, -0.25) is 0 Å². The number of fused-ring (bicyclic) bond motifs is 4. The van der Waals surface area contributed by atoms with Gasteiger partial charge in [0.05, 0.1) is 27.4 Å². The Morgan fingerprint density at radius 2 is 1.48 bits per heavy atom. The summed E-state index contributed by atoms with van der Waals surface area (Å²) in [7, 11) is 0. The number of hydrogen-bond acceptors (Lipinski definition) is 3. The van der Waals surface area contributed by atoms with Crippen molar-refractivity contribution >= 4 is 16.7 Å². The number of aromatic nitrogens is 2. The first-order chi connectivity index (χ1) is 14.9. The molecule has 0 spiro atoms. The quantitative estimate of drug-likeness (QED) is 0.187. The van der Waals surface area contributed by atoms with E-state index in [9.17, 15) is 17.6 Å². The van der Waals surface area contributed by atoms with E-state index in [1.807, 2.05) is 24.3 Å². The van der Waals surface area contributed by atoms with E-state index in [0.717, 1.165) is 23.3 Å². The van der Waals surface area contributed by atoms with Crippen LogP contribution in [0.1, 0.15) is 16.8 Å². The van der Waals surface area contributed by atoms with Gasteiger partial charge >= 0.3 is 6.18 Å². The molecule has 1 aliphatic carbocycles. The highest BCUT2D eigenvalue weighted by atomic mass is 19.4. The summed E-state index contributed by atoms with van der Waals surface area (Å²) in [5.74, 6) is -1.32. The zero-order valence-corrected chi connectivity index (χ0v) is 15.6. The Labute approximate surface area is 173 Å². The Bertz CT molecular complexity index is 1450. The van der Waals surface area contributed by atoms with E-state index in [2.05, 4.69) is 20.0 Å². The highest BCUT2D eigenvalue weighted by Crippen LogP contribution is 2.37. The van der Waals surface area contributed by atoms with E-state index >= 15 is 0 Å². The van der Waals surface area contributed by atoms with Crippen LogP contribution < -0.4 is 0 Å². The molecule has 0 saturated carbocycles. The third kappa shape index (κ3) is 3.02. The summed E-state index contributed by atoms with van der Waals surface area (Å²) < 4.78 is 52.9. The minimum Gasteiger partial charge on any atom is -0.244 e. The summed E-state index contributed by atoms with van der Waals surface area (Å²) in [6.45, 7) is 7.10. The fraction of sp³-hybridized carbons (Fsp3) is 0.0435. The molecule has 0 atom stereocenters. The summed E-state index contributed by atoms with van der Waals surface area (Å²) in [6.07, 6.45) is -4.79. The summed E-state index contributed by atoms with van der Waals surface area (Å²) in [4.78, 5) is 12.4. The zero-order chi connectivity index (χ0) is 21.8. The topological polar surface area (TPSA) is 42.5 Å². The van der Waals surface area contributed by atoms with Gasteiger partial charge in [0, 0.05) is 11.1 Å². The molecule has 0 N–H and O–H groups in total. The van der Waals surface area contributed by atoms with Crippen molar-refractivity contribution in [2.75, 3.05) is 0 Å². The van der Waals surface area contributed by atoms with Crippen LogP contribution in [-0.2, 0) is 6.18 Å². The van der Waals surface area contributed by atoms with E-state index in [1.165, 1.54) is 6.07 Å². The minimum absolute atomic E-state index is 0.216. The Kier molecular flexibility index (Phi) is 4.08. The lowest BCUT2D eigenvalue weighted by molar-refractivity contribution is -0.139. The van der Waals surface area contributed by atoms with Crippen LogP contribution in [0.15, 0.2) is 65.8 Å². The molecule has 4 aromatic rings. The zero-order valence-electron chi connectivity index (χ0n) is 15.6. The Morgan fingerprint density at radius 3 is 2.23 bits per heavy atom. The van der Waals surface area contributed by atoms with Gasteiger partial charge in [-0.15, -0.1) is 4.95 Å². The first kappa shape index (κ1) is 18.9. The maximum absolute atomic E-state index is 13.7. The summed E-state index contributed by atoms with van der Waals surface area (Å²) in [5, 5.41) is 3.88. The highest BCUT2D eigenvalue weighted by molar-refractivity contribution is 6.23. The fourth-order valence-corrected chi connectivity index (χ4v) is 3.68. The molecule has 1 aliphatic rings. The molecule has 3 aromatic carbocycles. The summed E-state index contributed by atoms with van der Waals surface area (Å²) in [5.41, 5.74) is 3.32. The van der Waals surface area contributed by atoms with Crippen molar-refractivity contribution in [3.8, 4) is 22.4 Å². The SMILES string of the molecule is [C-]#[N+]/N=C1\c2ccccc2-c2nc3cc(-c4ccc(F)c(C(F)(F)F)c4)ccc3nc21. The maximum Gasteiger partial charge on any atom is 0.419 e. The van der Waals surface area contributed by atoms with Crippen molar-refractivity contribution in [2.24, 2.45) is 5.10 Å². The largest absolute Gasteiger partial charge is 0.419 e. The molecule has 0 aliphatic heterocycles. The lowest BCUT2D eigenvalue weighted by Gasteiger charge is -2.11. The van der Waals surface area contributed by atoms with Crippen LogP contribution in [0.5, 0.6) is 0 Å². The monoisotopic (exact) mass is 418 g/mol. The number of alkyl halides is 3. The number of hydrogen-bond donors (Lipinski definition) is 0. The average Bonchev–Trinajstić information content (AvgIpc) is 3.05. The molecule has 31 heavy (non-hydrogen) atoms. The molecule has 0 unspecified atom stereocenters. The van der Waals surface area contributed by atoms with Crippen LogP contribution in [0.2, 0.25) is 0 Å². The predicted molar refractivity (Wildman–Crippen MR) is 108 cm³/mol. The maximum atomic E-state index is 13.7. The fourth-order valence-electron chi connectivity index (χ4n) is 3.68. The Hall–Kier alpha value is -4.12. The molecule has 150 valence electrons.